The molecule has 0 bridgehead atoms. The van der Waals surface area contributed by atoms with Crippen molar-refractivity contribution >= 4 is 73.5 Å². The van der Waals surface area contributed by atoms with Gasteiger partial charge < -0.3 is 14.8 Å². The molecule has 36 heavy (non-hydrogen) atoms. The van der Waals surface area contributed by atoms with Crippen molar-refractivity contribution in [2.75, 3.05) is 23.4 Å². The van der Waals surface area contributed by atoms with E-state index in [0.29, 0.717) is 27.3 Å². The molecule has 0 aliphatic carbocycles. The number of hydrogen-bond donors (Lipinski definition) is 1. The van der Waals surface area contributed by atoms with Crippen LogP contribution in [-0.4, -0.2) is 29.3 Å². The number of nitrogens with one attached hydrogen (secondary N) is 1. The maximum atomic E-state index is 13.0. The van der Waals surface area contributed by atoms with Gasteiger partial charge in [-0.2, -0.15) is 0 Å². The van der Waals surface area contributed by atoms with Gasteiger partial charge in [0.2, 0.25) is 0 Å². The second kappa shape index (κ2) is 11.7. The molecule has 1 fully saturated rings. The molecule has 0 atom stereocenters. The number of rotatable bonds is 8. The summed E-state index contributed by atoms with van der Waals surface area (Å²) < 4.78 is 12.9. The highest BCUT2D eigenvalue weighted by molar-refractivity contribution is 9.10. The first-order chi connectivity index (χ1) is 17.4. The van der Waals surface area contributed by atoms with E-state index in [-0.39, 0.29) is 18.4 Å². The van der Waals surface area contributed by atoms with Crippen molar-refractivity contribution < 1.29 is 19.1 Å². The van der Waals surface area contributed by atoms with Crippen LogP contribution in [0.3, 0.4) is 0 Å². The maximum Gasteiger partial charge on any atom is 0.270 e. The molecule has 0 radical (unpaired) electrons. The molecule has 4 rings (SSSR count). The van der Waals surface area contributed by atoms with E-state index in [1.54, 1.807) is 18.2 Å². The van der Waals surface area contributed by atoms with Crippen LogP contribution in [0.5, 0.6) is 11.5 Å². The molecule has 1 aliphatic heterocycles. The number of carbonyl (C=O) groups excluding carboxylic acids is 2. The number of thiocarbonyl (C=S) groups is 1. The normalized spacial score (nSPS) is 14.3. The summed E-state index contributed by atoms with van der Waals surface area (Å²) in [7, 11) is 0. The summed E-state index contributed by atoms with van der Waals surface area (Å²) in [5, 5.41) is 2.85. The Morgan fingerprint density at radius 3 is 2.58 bits per heavy atom. The van der Waals surface area contributed by atoms with Crippen LogP contribution in [0.2, 0.25) is 0 Å². The Balaban J connectivity index is 1.47. The monoisotopic (exact) mass is 582 g/mol. The molecule has 3 aromatic rings. The van der Waals surface area contributed by atoms with E-state index in [1.807, 2.05) is 68.4 Å². The number of anilines is 2. The highest BCUT2D eigenvalue weighted by Gasteiger charge is 2.33. The summed E-state index contributed by atoms with van der Waals surface area (Å²) in [5.41, 5.74) is 3.16. The molecule has 0 unspecified atom stereocenters. The lowest BCUT2D eigenvalue weighted by atomic mass is 10.1. The topological polar surface area (TPSA) is 67.9 Å². The van der Waals surface area contributed by atoms with E-state index in [2.05, 4.69) is 21.2 Å². The average Bonchev–Trinajstić information content (AvgIpc) is 3.13. The standard InChI is InChI=1S/C27H23BrN2O4S2/c1-3-33-23-14-18(15-24-26(32)30(27(35)36-24)20-7-5-4-6-8-20)9-12-22(23)34-16-25(31)29-21-11-10-19(28)13-17(21)2/h4-15H,3,16H2,1-2H3,(H,29,31)/b24-15-. The number of aryl methyl sites for hydroxylation is 1. The second-order valence-electron chi connectivity index (χ2n) is 7.79. The molecular formula is C27H23BrN2O4S2. The maximum absolute atomic E-state index is 13.0. The minimum atomic E-state index is -0.281. The van der Waals surface area contributed by atoms with E-state index in [1.165, 1.54) is 16.7 Å². The predicted molar refractivity (Wildman–Crippen MR) is 153 cm³/mol. The predicted octanol–water partition coefficient (Wildman–Crippen LogP) is 6.58. The molecule has 184 valence electrons. The Morgan fingerprint density at radius 1 is 1.08 bits per heavy atom. The number of benzene rings is 3. The molecule has 0 spiro atoms. The molecule has 3 aromatic carbocycles. The van der Waals surface area contributed by atoms with Crippen LogP contribution in [0.1, 0.15) is 18.1 Å². The van der Waals surface area contributed by atoms with Gasteiger partial charge in [-0.25, -0.2) is 0 Å². The van der Waals surface area contributed by atoms with Crippen molar-refractivity contribution in [3.8, 4) is 11.5 Å². The van der Waals surface area contributed by atoms with Crippen molar-refractivity contribution in [1.29, 1.82) is 0 Å². The van der Waals surface area contributed by atoms with Crippen LogP contribution in [-0.2, 0) is 9.59 Å². The Bertz CT molecular complexity index is 1340. The summed E-state index contributed by atoms with van der Waals surface area (Å²) in [4.78, 5) is 27.5. The third-order valence-corrected chi connectivity index (χ3v) is 6.99. The van der Waals surface area contributed by atoms with E-state index >= 15 is 0 Å². The highest BCUT2D eigenvalue weighted by Crippen LogP contribution is 2.37. The number of carbonyl (C=O) groups is 2. The van der Waals surface area contributed by atoms with E-state index < -0.39 is 0 Å². The van der Waals surface area contributed by atoms with E-state index in [0.717, 1.165) is 27.0 Å². The van der Waals surface area contributed by atoms with Crippen molar-refractivity contribution in [3.63, 3.8) is 0 Å². The third kappa shape index (κ3) is 6.16. The Morgan fingerprint density at radius 2 is 1.86 bits per heavy atom. The Labute approximate surface area is 227 Å². The quantitative estimate of drug-likeness (QED) is 0.239. The van der Waals surface area contributed by atoms with E-state index in [4.69, 9.17) is 21.7 Å². The molecule has 1 saturated heterocycles. The highest BCUT2D eigenvalue weighted by atomic mass is 79.9. The van der Waals surface area contributed by atoms with Crippen LogP contribution >= 0.6 is 39.9 Å². The van der Waals surface area contributed by atoms with Gasteiger partial charge in [-0.3, -0.25) is 14.5 Å². The van der Waals surface area contributed by atoms with Gasteiger partial charge in [-0.15, -0.1) is 0 Å². The summed E-state index contributed by atoms with van der Waals surface area (Å²) >= 11 is 10.1. The van der Waals surface area contributed by atoms with Crippen molar-refractivity contribution in [3.05, 3.63) is 87.2 Å². The lowest BCUT2D eigenvalue weighted by Gasteiger charge is -2.14. The van der Waals surface area contributed by atoms with Gasteiger partial charge in [0.1, 0.15) is 0 Å². The lowest BCUT2D eigenvalue weighted by molar-refractivity contribution is -0.118. The van der Waals surface area contributed by atoms with Crippen molar-refractivity contribution in [1.82, 2.24) is 0 Å². The van der Waals surface area contributed by atoms with Gasteiger partial charge in [0.05, 0.1) is 17.2 Å². The van der Waals surface area contributed by atoms with Crippen LogP contribution in [0.15, 0.2) is 76.1 Å². The molecule has 1 N–H and O–H groups in total. The number of amides is 2. The smallest absolute Gasteiger partial charge is 0.270 e. The average molecular weight is 584 g/mol. The van der Waals surface area contributed by atoms with Crippen LogP contribution in [0, 0.1) is 6.92 Å². The van der Waals surface area contributed by atoms with Crippen molar-refractivity contribution in [2.45, 2.75) is 13.8 Å². The molecule has 1 heterocycles. The zero-order chi connectivity index (χ0) is 25.7. The summed E-state index contributed by atoms with van der Waals surface area (Å²) in [6, 6.07) is 20.3. The fraction of sp³-hybridized carbons (Fsp3) is 0.148. The number of halogens is 1. The Kier molecular flexibility index (Phi) is 8.45. The second-order valence-corrected chi connectivity index (χ2v) is 10.4. The summed E-state index contributed by atoms with van der Waals surface area (Å²) in [6.07, 6.45) is 1.78. The van der Waals surface area contributed by atoms with Gasteiger partial charge in [-0.05, 0) is 73.5 Å². The molecule has 1 aliphatic rings. The summed E-state index contributed by atoms with van der Waals surface area (Å²) in [5.74, 6) is 0.469. The first-order valence-corrected chi connectivity index (χ1v) is 13.2. The zero-order valence-electron chi connectivity index (χ0n) is 19.6. The number of nitrogens with zero attached hydrogens (tertiary/aromatic N) is 1. The fourth-order valence-electron chi connectivity index (χ4n) is 3.52. The van der Waals surface area contributed by atoms with Gasteiger partial charge >= 0.3 is 0 Å². The largest absolute Gasteiger partial charge is 0.490 e. The zero-order valence-corrected chi connectivity index (χ0v) is 22.8. The molecule has 0 aromatic heterocycles. The molecule has 0 saturated carbocycles. The van der Waals surface area contributed by atoms with Crippen LogP contribution in [0.25, 0.3) is 6.08 Å². The molecule has 9 heteroatoms. The van der Waals surface area contributed by atoms with Crippen molar-refractivity contribution in [2.24, 2.45) is 0 Å². The van der Waals surface area contributed by atoms with Gasteiger partial charge in [0.15, 0.2) is 22.4 Å². The van der Waals surface area contributed by atoms with Crippen LogP contribution < -0.4 is 19.7 Å². The third-order valence-electron chi connectivity index (χ3n) is 5.19. The molecule has 6 nitrogen and oxygen atoms in total. The number of thioether (sulfide) groups is 1. The Hall–Kier alpha value is -3.14. The van der Waals surface area contributed by atoms with E-state index in [9.17, 15) is 9.59 Å². The molecular weight excluding hydrogens is 560 g/mol. The van der Waals surface area contributed by atoms with Gasteiger partial charge in [-0.1, -0.05) is 64.2 Å². The number of hydrogen-bond acceptors (Lipinski definition) is 6. The first kappa shape index (κ1) is 25.9. The SMILES string of the molecule is CCOc1cc(/C=C2\SC(=S)N(c3ccccc3)C2=O)ccc1OCC(=O)Nc1ccc(Br)cc1C. The minimum absolute atomic E-state index is 0.172. The molecule has 2 amide bonds. The van der Waals surface area contributed by atoms with Gasteiger partial charge in [0.25, 0.3) is 11.8 Å². The van der Waals surface area contributed by atoms with Gasteiger partial charge in [0, 0.05) is 10.2 Å². The number of ether oxygens (including phenoxy) is 2. The number of para-hydroxylation sites is 1. The first-order valence-electron chi connectivity index (χ1n) is 11.1. The minimum Gasteiger partial charge on any atom is -0.490 e. The van der Waals surface area contributed by atoms with Crippen LogP contribution in [0.4, 0.5) is 11.4 Å². The lowest BCUT2D eigenvalue weighted by Crippen LogP contribution is -2.27. The fourth-order valence-corrected chi connectivity index (χ4v) is 5.29. The summed E-state index contributed by atoms with van der Waals surface area (Å²) in [6.45, 7) is 4.02.